The maximum absolute atomic E-state index is 12.4. The van der Waals surface area contributed by atoms with Gasteiger partial charge >= 0.3 is 5.69 Å². The topological polar surface area (TPSA) is 81.8 Å². The molecule has 0 saturated heterocycles. The molecule has 1 N–H and O–H groups in total. The van der Waals surface area contributed by atoms with Crippen molar-refractivity contribution in [1.29, 1.82) is 0 Å². The van der Waals surface area contributed by atoms with Crippen LogP contribution >= 0.6 is 22.7 Å². The van der Waals surface area contributed by atoms with Gasteiger partial charge in [-0.2, -0.15) is 5.10 Å². The lowest BCUT2D eigenvalue weighted by atomic mass is 10.2. The van der Waals surface area contributed by atoms with Gasteiger partial charge in [0.05, 0.1) is 10.6 Å². The van der Waals surface area contributed by atoms with E-state index < -0.39 is 0 Å². The van der Waals surface area contributed by atoms with Crippen LogP contribution in [0, 0.1) is 0 Å². The third kappa shape index (κ3) is 3.42. The lowest BCUT2D eigenvalue weighted by Gasteiger charge is -2.01. The van der Waals surface area contributed by atoms with E-state index in [9.17, 15) is 9.59 Å². The SMILES string of the molecule is O=C(Cn1nc2n(c1=O)CCCCC2)Nc1nc(-c2cccs2)cs1. The van der Waals surface area contributed by atoms with Crippen molar-refractivity contribution < 1.29 is 4.79 Å². The number of carbonyl (C=O) groups is 1. The molecule has 3 aromatic heterocycles. The first kappa shape index (κ1) is 16.2. The lowest BCUT2D eigenvalue weighted by molar-refractivity contribution is -0.117. The number of nitrogens with zero attached hydrogens (tertiary/aromatic N) is 4. The first-order chi connectivity index (χ1) is 12.2. The monoisotopic (exact) mass is 375 g/mol. The van der Waals surface area contributed by atoms with E-state index in [2.05, 4.69) is 15.4 Å². The lowest BCUT2D eigenvalue weighted by Crippen LogP contribution is -2.30. The fraction of sp³-hybridized carbons (Fsp3) is 0.375. The number of thiazole rings is 1. The molecule has 130 valence electrons. The molecule has 0 bridgehead atoms. The molecule has 1 aliphatic rings. The first-order valence-electron chi connectivity index (χ1n) is 8.16. The van der Waals surface area contributed by atoms with Crippen molar-refractivity contribution in [2.45, 2.75) is 38.8 Å². The Morgan fingerprint density at radius 1 is 1.28 bits per heavy atom. The third-order valence-electron chi connectivity index (χ3n) is 4.10. The average molecular weight is 375 g/mol. The number of rotatable bonds is 4. The molecule has 0 aliphatic carbocycles. The van der Waals surface area contributed by atoms with Gasteiger partial charge in [0.1, 0.15) is 12.4 Å². The summed E-state index contributed by atoms with van der Waals surface area (Å²) in [6.07, 6.45) is 3.92. The first-order valence-corrected chi connectivity index (χ1v) is 9.92. The molecule has 0 spiro atoms. The van der Waals surface area contributed by atoms with Crippen molar-refractivity contribution in [3.8, 4) is 10.6 Å². The Hall–Kier alpha value is -2.26. The van der Waals surface area contributed by atoms with Crippen LogP contribution in [0.2, 0.25) is 0 Å². The number of anilines is 1. The van der Waals surface area contributed by atoms with Gasteiger partial charge in [0.2, 0.25) is 5.91 Å². The van der Waals surface area contributed by atoms with Crippen LogP contribution in [-0.4, -0.2) is 25.2 Å². The molecule has 7 nitrogen and oxygen atoms in total. The Morgan fingerprint density at radius 2 is 2.20 bits per heavy atom. The second-order valence-electron chi connectivity index (χ2n) is 5.88. The van der Waals surface area contributed by atoms with Crippen LogP contribution in [0.5, 0.6) is 0 Å². The highest BCUT2D eigenvalue weighted by molar-refractivity contribution is 7.16. The third-order valence-corrected chi connectivity index (χ3v) is 5.75. The van der Waals surface area contributed by atoms with Gasteiger partial charge in [-0.1, -0.05) is 12.5 Å². The number of nitrogens with one attached hydrogen (secondary N) is 1. The minimum Gasteiger partial charge on any atom is -0.300 e. The molecule has 0 atom stereocenters. The molecular formula is C16H17N5O2S2. The van der Waals surface area contributed by atoms with Gasteiger partial charge < -0.3 is 5.32 Å². The predicted molar refractivity (Wildman–Crippen MR) is 98.1 cm³/mol. The number of amides is 1. The van der Waals surface area contributed by atoms with Gasteiger partial charge in [0, 0.05) is 18.3 Å². The van der Waals surface area contributed by atoms with Crippen molar-refractivity contribution in [2.24, 2.45) is 0 Å². The van der Waals surface area contributed by atoms with E-state index in [0.717, 1.165) is 42.1 Å². The van der Waals surface area contributed by atoms with Crippen molar-refractivity contribution in [2.75, 3.05) is 5.32 Å². The van der Waals surface area contributed by atoms with Gasteiger partial charge in [-0.25, -0.2) is 14.5 Å². The fourth-order valence-electron chi connectivity index (χ4n) is 2.89. The number of carbonyl (C=O) groups excluding carboxylic acids is 1. The summed E-state index contributed by atoms with van der Waals surface area (Å²) in [6.45, 7) is 0.596. The summed E-state index contributed by atoms with van der Waals surface area (Å²) in [6, 6.07) is 3.95. The Bertz CT molecular complexity index is 938. The van der Waals surface area contributed by atoms with E-state index in [4.69, 9.17) is 0 Å². The van der Waals surface area contributed by atoms with E-state index >= 15 is 0 Å². The number of hydrogen-bond acceptors (Lipinski definition) is 6. The summed E-state index contributed by atoms with van der Waals surface area (Å²) >= 11 is 2.97. The fourth-order valence-corrected chi connectivity index (χ4v) is 4.38. The second-order valence-corrected chi connectivity index (χ2v) is 7.69. The number of hydrogen-bond donors (Lipinski definition) is 1. The van der Waals surface area contributed by atoms with E-state index in [1.54, 1.807) is 15.9 Å². The van der Waals surface area contributed by atoms with Gasteiger partial charge in [0.15, 0.2) is 5.13 Å². The highest BCUT2D eigenvalue weighted by Crippen LogP contribution is 2.28. The summed E-state index contributed by atoms with van der Waals surface area (Å²) in [5.41, 5.74) is 0.645. The van der Waals surface area contributed by atoms with Crippen molar-refractivity contribution in [3.05, 3.63) is 39.2 Å². The van der Waals surface area contributed by atoms with Crippen LogP contribution in [0.3, 0.4) is 0 Å². The highest BCUT2D eigenvalue weighted by atomic mass is 32.1. The molecule has 9 heteroatoms. The van der Waals surface area contributed by atoms with E-state index in [-0.39, 0.29) is 18.1 Å². The average Bonchev–Trinajstić information content (AvgIpc) is 3.28. The maximum atomic E-state index is 12.4. The van der Waals surface area contributed by atoms with Crippen LogP contribution in [0.1, 0.15) is 25.1 Å². The molecule has 0 unspecified atom stereocenters. The van der Waals surface area contributed by atoms with Crippen LogP contribution in [0.25, 0.3) is 10.6 Å². The number of aromatic nitrogens is 4. The van der Waals surface area contributed by atoms with Crippen LogP contribution in [0.15, 0.2) is 27.7 Å². The highest BCUT2D eigenvalue weighted by Gasteiger charge is 2.17. The molecule has 1 aliphatic heterocycles. The normalized spacial score (nSPS) is 14.1. The zero-order chi connectivity index (χ0) is 17.2. The Balaban J connectivity index is 1.45. The largest absolute Gasteiger partial charge is 0.346 e. The van der Waals surface area contributed by atoms with Gasteiger partial charge in [-0.05, 0) is 24.3 Å². The van der Waals surface area contributed by atoms with Gasteiger partial charge in [-0.3, -0.25) is 9.36 Å². The molecular weight excluding hydrogens is 358 g/mol. The molecule has 25 heavy (non-hydrogen) atoms. The maximum Gasteiger partial charge on any atom is 0.346 e. The zero-order valence-corrected chi connectivity index (χ0v) is 15.1. The summed E-state index contributed by atoms with van der Waals surface area (Å²) in [5, 5.41) is 11.5. The molecule has 0 saturated carbocycles. The summed E-state index contributed by atoms with van der Waals surface area (Å²) in [7, 11) is 0. The Labute approximate surface area is 152 Å². The number of thiophene rings is 1. The van der Waals surface area contributed by atoms with Crippen molar-refractivity contribution in [3.63, 3.8) is 0 Å². The molecule has 4 heterocycles. The standard InChI is InChI=1S/C16H17N5O2S2/c22-14(18-15-17-11(10-25-15)12-5-4-8-24-12)9-21-16(23)20-7-3-1-2-6-13(20)19-21/h4-5,8,10H,1-3,6-7,9H2,(H,17,18,22). The molecule has 0 aromatic carbocycles. The smallest absolute Gasteiger partial charge is 0.300 e. The molecule has 3 aromatic rings. The number of aryl methyl sites for hydroxylation is 1. The van der Waals surface area contributed by atoms with E-state index in [0.29, 0.717) is 11.7 Å². The van der Waals surface area contributed by atoms with Crippen molar-refractivity contribution >= 4 is 33.7 Å². The molecule has 1 amide bonds. The Kier molecular flexibility index (Phi) is 4.50. The van der Waals surface area contributed by atoms with E-state index in [1.807, 2.05) is 22.9 Å². The zero-order valence-electron chi connectivity index (χ0n) is 13.5. The quantitative estimate of drug-likeness (QED) is 0.760. The molecule has 0 radical (unpaired) electrons. The molecule has 4 rings (SSSR count). The summed E-state index contributed by atoms with van der Waals surface area (Å²) < 4.78 is 2.95. The summed E-state index contributed by atoms with van der Waals surface area (Å²) in [4.78, 5) is 30.1. The minimum atomic E-state index is -0.289. The minimum absolute atomic E-state index is 0.0905. The van der Waals surface area contributed by atoms with Gasteiger partial charge in [-0.15, -0.1) is 22.7 Å². The van der Waals surface area contributed by atoms with Gasteiger partial charge in [0.25, 0.3) is 0 Å². The van der Waals surface area contributed by atoms with Crippen LogP contribution in [-0.2, 0) is 24.3 Å². The van der Waals surface area contributed by atoms with E-state index in [1.165, 1.54) is 16.0 Å². The number of fused-ring (bicyclic) bond motifs is 1. The Morgan fingerprint density at radius 3 is 3.04 bits per heavy atom. The summed E-state index contributed by atoms with van der Waals surface area (Å²) in [5.74, 6) is 0.493. The second kappa shape index (κ2) is 6.93. The van der Waals surface area contributed by atoms with Crippen molar-refractivity contribution in [1.82, 2.24) is 19.3 Å². The molecule has 0 fully saturated rings. The van der Waals surface area contributed by atoms with Crippen LogP contribution < -0.4 is 11.0 Å². The van der Waals surface area contributed by atoms with Crippen LogP contribution in [0.4, 0.5) is 5.13 Å². The predicted octanol–water partition coefficient (Wildman–Crippen LogP) is 2.59.